The summed E-state index contributed by atoms with van der Waals surface area (Å²) in [6.07, 6.45) is 4.61. The minimum atomic E-state index is -0.540. The van der Waals surface area contributed by atoms with Gasteiger partial charge < -0.3 is 20.1 Å². The Morgan fingerprint density at radius 1 is 1.22 bits per heavy atom. The molecule has 0 aliphatic carbocycles. The van der Waals surface area contributed by atoms with E-state index in [9.17, 15) is 10.1 Å². The van der Waals surface area contributed by atoms with Gasteiger partial charge in [-0.2, -0.15) is 10.4 Å². The molecule has 0 radical (unpaired) electrons. The van der Waals surface area contributed by atoms with Crippen LogP contribution < -0.4 is 10.5 Å². The number of hydrogen-bond acceptors (Lipinski definition) is 9. The first-order chi connectivity index (χ1) is 22.2. The summed E-state index contributed by atoms with van der Waals surface area (Å²) >= 11 is 0. The van der Waals surface area contributed by atoms with Crippen molar-refractivity contribution in [2.24, 2.45) is 0 Å². The van der Waals surface area contributed by atoms with Gasteiger partial charge in [0.05, 0.1) is 37.2 Å². The highest BCUT2D eigenvalue weighted by molar-refractivity contribution is 5.99. The van der Waals surface area contributed by atoms with E-state index >= 15 is 4.39 Å². The monoisotopic (exact) mass is 624 g/mol. The van der Waals surface area contributed by atoms with Crippen molar-refractivity contribution in [2.75, 3.05) is 32.0 Å². The third-order valence-electron chi connectivity index (χ3n) is 8.75. The fraction of sp³-hybridized carbons (Fsp3) is 0.382. The van der Waals surface area contributed by atoms with Crippen LogP contribution in [0.25, 0.3) is 22.3 Å². The summed E-state index contributed by atoms with van der Waals surface area (Å²) in [7, 11) is 0. The minimum Gasteiger partial charge on any atom is -0.457 e. The first-order valence-electron chi connectivity index (χ1n) is 15.5. The number of nitriles is 1. The van der Waals surface area contributed by atoms with Crippen molar-refractivity contribution in [1.82, 2.24) is 29.5 Å². The maximum absolute atomic E-state index is 15.6. The lowest BCUT2D eigenvalue weighted by Gasteiger charge is -2.45. The SMILES string of the molecule is CCN(C1COC1)C(C)(C)/C=C(\C#N)C(=O)N1CCC[C@@H]1Cn1nc(-c2ccc(Oc3ccccc3)cc2F)c2c(N)ncnc21. The molecule has 4 aromatic rings. The molecule has 238 valence electrons. The van der Waals surface area contributed by atoms with Crippen LogP contribution in [-0.2, 0) is 16.1 Å². The van der Waals surface area contributed by atoms with Crippen molar-refractivity contribution in [2.45, 2.75) is 57.8 Å². The molecule has 0 saturated carbocycles. The van der Waals surface area contributed by atoms with Crippen molar-refractivity contribution in [3.05, 3.63) is 72.3 Å². The Kier molecular flexibility index (Phi) is 8.71. The molecule has 2 aliphatic heterocycles. The van der Waals surface area contributed by atoms with Crippen LogP contribution in [0.2, 0.25) is 0 Å². The van der Waals surface area contributed by atoms with Crippen molar-refractivity contribution >= 4 is 22.8 Å². The molecule has 0 unspecified atom stereocenters. The Balaban J connectivity index is 1.27. The zero-order valence-electron chi connectivity index (χ0n) is 26.2. The van der Waals surface area contributed by atoms with Gasteiger partial charge in [0.2, 0.25) is 0 Å². The predicted octanol–water partition coefficient (Wildman–Crippen LogP) is 4.95. The van der Waals surface area contributed by atoms with Crippen LogP contribution in [0, 0.1) is 17.1 Å². The smallest absolute Gasteiger partial charge is 0.264 e. The largest absolute Gasteiger partial charge is 0.457 e. The van der Waals surface area contributed by atoms with E-state index in [0.29, 0.717) is 54.4 Å². The minimum absolute atomic E-state index is 0.105. The van der Waals surface area contributed by atoms with Crippen molar-refractivity contribution in [1.29, 1.82) is 5.26 Å². The maximum atomic E-state index is 15.6. The summed E-state index contributed by atoms with van der Waals surface area (Å²) in [5, 5.41) is 15.3. The third kappa shape index (κ3) is 6.03. The number of nitrogens with zero attached hydrogens (tertiary/aromatic N) is 7. The van der Waals surface area contributed by atoms with E-state index in [1.54, 1.807) is 39.9 Å². The number of hydrogen-bond donors (Lipinski definition) is 1. The number of aromatic nitrogens is 4. The van der Waals surface area contributed by atoms with E-state index in [-0.39, 0.29) is 41.5 Å². The molecule has 2 aromatic heterocycles. The maximum Gasteiger partial charge on any atom is 0.264 e. The van der Waals surface area contributed by atoms with Crippen LogP contribution in [0.5, 0.6) is 11.5 Å². The summed E-state index contributed by atoms with van der Waals surface area (Å²) in [5.74, 6) is 0.245. The van der Waals surface area contributed by atoms with Crippen LogP contribution in [0.1, 0.15) is 33.6 Å². The number of nitrogens with two attached hydrogens (primary N) is 1. The molecule has 46 heavy (non-hydrogen) atoms. The lowest BCUT2D eigenvalue weighted by Crippen LogP contribution is -2.57. The molecule has 2 N–H and O–H groups in total. The molecular weight excluding hydrogens is 587 g/mol. The van der Waals surface area contributed by atoms with Crippen LogP contribution in [0.15, 0.2) is 66.5 Å². The van der Waals surface area contributed by atoms with Gasteiger partial charge in [0, 0.05) is 23.7 Å². The van der Waals surface area contributed by atoms with Crippen LogP contribution in [-0.4, -0.2) is 79.4 Å². The highest BCUT2D eigenvalue weighted by Gasteiger charge is 2.37. The predicted molar refractivity (Wildman–Crippen MR) is 171 cm³/mol. The van der Waals surface area contributed by atoms with Crippen LogP contribution >= 0.6 is 0 Å². The fourth-order valence-corrected chi connectivity index (χ4v) is 6.49. The van der Waals surface area contributed by atoms with Crippen molar-refractivity contribution in [3.63, 3.8) is 0 Å². The number of anilines is 1. The van der Waals surface area contributed by atoms with Gasteiger partial charge in [-0.1, -0.05) is 25.1 Å². The summed E-state index contributed by atoms with van der Waals surface area (Å²) in [4.78, 5) is 26.4. The topological polar surface area (TPSA) is 135 Å². The highest BCUT2D eigenvalue weighted by Crippen LogP contribution is 2.35. The number of ether oxygens (including phenoxy) is 2. The molecule has 0 bridgehead atoms. The number of carbonyl (C=O) groups excluding carboxylic acids is 1. The average Bonchev–Trinajstić information content (AvgIpc) is 3.63. The molecule has 6 rings (SSSR count). The van der Waals surface area contributed by atoms with Gasteiger partial charge in [-0.15, -0.1) is 0 Å². The van der Waals surface area contributed by atoms with Gasteiger partial charge in [0.1, 0.15) is 46.8 Å². The van der Waals surface area contributed by atoms with E-state index < -0.39 is 11.4 Å². The zero-order chi connectivity index (χ0) is 32.4. The highest BCUT2D eigenvalue weighted by atomic mass is 19.1. The van der Waals surface area contributed by atoms with E-state index in [4.69, 9.17) is 20.3 Å². The van der Waals surface area contributed by atoms with Gasteiger partial charge in [-0.25, -0.2) is 19.0 Å². The number of para-hydroxylation sites is 1. The van der Waals surface area contributed by atoms with Gasteiger partial charge in [0.25, 0.3) is 5.91 Å². The van der Waals surface area contributed by atoms with E-state index in [1.165, 1.54) is 12.4 Å². The number of amides is 1. The standard InChI is InChI=1S/C34H37FN8O3/c1-4-42(24-19-45-20-24)34(2,3)16-22(17-36)33(44)41-14-8-9-23(41)18-43-32-29(31(37)38-21-39-32)30(40-43)27-13-12-26(15-28(27)35)46-25-10-6-5-7-11-25/h5-7,10-13,15-16,21,23-24H,4,8-9,14,18-20H2,1-3H3,(H2,37,38,39)/b22-16+/t23-/m1/s1. The summed E-state index contributed by atoms with van der Waals surface area (Å²) in [6, 6.07) is 15.9. The summed E-state index contributed by atoms with van der Waals surface area (Å²) < 4.78 is 28.4. The van der Waals surface area contributed by atoms with Crippen molar-refractivity contribution in [3.8, 4) is 28.8 Å². The zero-order valence-corrected chi connectivity index (χ0v) is 26.2. The van der Waals surface area contributed by atoms with Crippen LogP contribution in [0.3, 0.4) is 0 Å². The molecule has 2 fully saturated rings. The molecule has 12 heteroatoms. The molecule has 11 nitrogen and oxygen atoms in total. The Morgan fingerprint density at radius 3 is 2.67 bits per heavy atom. The average molecular weight is 625 g/mol. The fourth-order valence-electron chi connectivity index (χ4n) is 6.49. The molecule has 2 saturated heterocycles. The summed E-state index contributed by atoms with van der Waals surface area (Å²) in [5.41, 5.74) is 6.83. The number of halogens is 1. The third-order valence-corrected chi connectivity index (χ3v) is 8.75. The number of rotatable bonds is 10. The molecule has 2 aliphatic rings. The second-order valence-electron chi connectivity index (χ2n) is 12.1. The Bertz CT molecular complexity index is 1810. The normalized spacial score (nSPS) is 17.3. The second kappa shape index (κ2) is 12.9. The molecule has 2 aromatic carbocycles. The van der Waals surface area contributed by atoms with Gasteiger partial charge in [0.15, 0.2) is 5.65 Å². The number of carbonyl (C=O) groups is 1. The number of fused-ring (bicyclic) bond motifs is 1. The van der Waals surface area contributed by atoms with Gasteiger partial charge in [-0.05, 0) is 63.6 Å². The molecule has 4 heterocycles. The van der Waals surface area contributed by atoms with E-state index in [2.05, 4.69) is 27.9 Å². The Labute approximate surface area is 267 Å². The Morgan fingerprint density at radius 2 is 2.00 bits per heavy atom. The van der Waals surface area contributed by atoms with Gasteiger partial charge in [-0.3, -0.25) is 9.69 Å². The van der Waals surface area contributed by atoms with E-state index in [0.717, 1.165) is 13.0 Å². The van der Waals surface area contributed by atoms with E-state index in [1.807, 2.05) is 32.0 Å². The number of benzene rings is 2. The molecule has 1 amide bonds. The first-order valence-corrected chi connectivity index (χ1v) is 15.5. The quantitative estimate of drug-likeness (QED) is 0.192. The molecule has 0 spiro atoms. The lowest BCUT2D eigenvalue weighted by atomic mass is 9.95. The summed E-state index contributed by atoms with van der Waals surface area (Å²) in [6.45, 7) is 8.94. The molecular formula is C34H37FN8O3. The molecule has 1 atom stereocenters. The second-order valence-corrected chi connectivity index (χ2v) is 12.1. The number of nitrogen functional groups attached to an aromatic ring is 1. The van der Waals surface area contributed by atoms with Gasteiger partial charge >= 0.3 is 0 Å². The van der Waals surface area contributed by atoms with Crippen molar-refractivity contribution < 1.29 is 18.7 Å². The Hall–Kier alpha value is -4.86. The van der Waals surface area contributed by atoms with Crippen LogP contribution in [0.4, 0.5) is 10.2 Å². The number of likely N-dealkylation sites (N-methyl/N-ethyl adjacent to an activating group) is 1. The lowest BCUT2D eigenvalue weighted by molar-refractivity contribution is -0.127. The number of likely N-dealkylation sites (tertiary alicyclic amines) is 1. The first kappa shape index (κ1) is 31.1.